The molecule has 0 aliphatic heterocycles. The first kappa shape index (κ1) is 20.4. The molecule has 0 aromatic rings. The topological polar surface area (TPSA) is 77.8 Å². The van der Waals surface area contributed by atoms with Gasteiger partial charge in [0, 0.05) is 6.42 Å². The minimum atomic E-state index is -0.757. The third-order valence-electron chi connectivity index (χ3n) is 7.40. The summed E-state index contributed by atoms with van der Waals surface area (Å²) in [6, 6.07) is 0. The van der Waals surface area contributed by atoms with Crippen molar-refractivity contribution in [3.05, 3.63) is 11.6 Å². The van der Waals surface area contributed by atoms with E-state index in [0.717, 1.165) is 38.5 Å². The first-order valence-corrected chi connectivity index (χ1v) is 10.8. The van der Waals surface area contributed by atoms with Gasteiger partial charge in [0.2, 0.25) is 0 Å². The third-order valence-corrected chi connectivity index (χ3v) is 7.40. The fourth-order valence-electron chi connectivity index (χ4n) is 5.68. The molecule has 0 amide bonds. The molecule has 3 fully saturated rings. The largest absolute Gasteiger partial charge is 0.481 e. The van der Waals surface area contributed by atoms with Crippen molar-refractivity contribution in [3.8, 4) is 11.8 Å². The number of rotatable bonds is 5. The Morgan fingerprint density at radius 2 is 2.04 bits per heavy atom. The van der Waals surface area contributed by atoms with Crippen molar-refractivity contribution in [2.24, 2.45) is 23.2 Å². The van der Waals surface area contributed by atoms with Crippen LogP contribution in [0.3, 0.4) is 0 Å². The predicted molar refractivity (Wildman–Crippen MR) is 105 cm³/mol. The van der Waals surface area contributed by atoms with Gasteiger partial charge < -0.3 is 15.3 Å². The van der Waals surface area contributed by atoms with E-state index in [2.05, 4.69) is 24.8 Å². The molecule has 0 spiro atoms. The average Bonchev–Trinajstić information content (AvgIpc) is 2.66. The quantitative estimate of drug-likeness (QED) is 0.504. The Kier molecular flexibility index (Phi) is 6.65. The zero-order valence-corrected chi connectivity index (χ0v) is 16.5. The van der Waals surface area contributed by atoms with Gasteiger partial charge in [0.1, 0.15) is 6.10 Å². The second-order valence-corrected chi connectivity index (χ2v) is 8.75. The van der Waals surface area contributed by atoms with Gasteiger partial charge in [-0.15, -0.1) is 0 Å². The van der Waals surface area contributed by atoms with Gasteiger partial charge in [0.25, 0.3) is 0 Å². The summed E-state index contributed by atoms with van der Waals surface area (Å²) in [6.45, 7) is 2.19. The number of carboxylic acids is 1. The Balaban J connectivity index is 1.70. The van der Waals surface area contributed by atoms with Crippen molar-refractivity contribution in [3.63, 3.8) is 0 Å². The summed E-state index contributed by atoms with van der Waals surface area (Å²) in [7, 11) is 0. The summed E-state index contributed by atoms with van der Waals surface area (Å²) < 4.78 is 0. The lowest BCUT2D eigenvalue weighted by molar-refractivity contribution is -0.136. The standard InChI is InChI=1S/C23H34O4/c1-2-23-14-13-21(25)18(11-12-20(24)16-7-4-3-5-8-16)19(23)15-17(23)9-6-10-22(26)27/h9,16,18-21,24-25H,2-8,10,13-15H2,1H3,(H,26,27)/b17-9+/t18-,19-,20?,21-,23-/m0/s1. The SMILES string of the molecule is CC[C@@]12CC[C@H](O)[C@@H](C#CC(O)C3CCCCC3)[C@@H]1C/C2=C\CCC(=O)O. The summed E-state index contributed by atoms with van der Waals surface area (Å²) in [5, 5.41) is 29.9. The number of hydrogen-bond acceptors (Lipinski definition) is 3. The van der Waals surface area contributed by atoms with Crippen LogP contribution in [0.4, 0.5) is 0 Å². The highest BCUT2D eigenvalue weighted by atomic mass is 16.4. The van der Waals surface area contributed by atoms with E-state index in [-0.39, 0.29) is 23.7 Å². The molecular formula is C23H34O4. The van der Waals surface area contributed by atoms with Crippen molar-refractivity contribution < 1.29 is 20.1 Å². The monoisotopic (exact) mass is 374 g/mol. The molecule has 3 N–H and O–H groups in total. The summed E-state index contributed by atoms with van der Waals surface area (Å²) >= 11 is 0. The number of allylic oxidation sites excluding steroid dienone is 2. The van der Waals surface area contributed by atoms with E-state index in [1.165, 1.54) is 24.8 Å². The van der Waals surface area contributed by atoms with Gasteiger partial charge in [-0.2, -0.15) is 0 Å². The molecule has 3 rings (SSSR count). The van der Waals surface area contributed by atoms with E-state index < -0.39 is 18.2 Å². The Hall–Kier alpha value is -1.31. The predicted octanol–water partition coefficient (Wildman–Crippen LogP) is 3.91. The lowest BCUT2D eigenvalue weighted by Crippen LogP contribution is -2.53. The van der Waals surface area contributed by atoms with Gasteiger partial charge in [0.05, 0.1) is 12.0 Å². The van der Waals surface area contributed by atoms with Crippen LogP contribution >= 0.6 is 0 Å². The summed E-state index contributed by atoms with van der Waals surface area (Å²) in [6.07, 6.45) is 11.2. The van der Waals surface area contributed by atoms with Gasteiger partial charge in [-0.3, -0.25) is 4.79 Å². The molecule has 3 saturated carbocycles. The minimum Gasteiger partial charge on any atom is -0.481 e. The first-order valence-electron chi connectivity index (χ1n) is 10.8. The van der Waals surface area contributed by atoms with Crippen molar-refractivity contribution in [2.75, 3.05) is 0 Å². The van der Waals surface area contributed by atoms with Crippen LogP contribution in [-0.4, -0.2) is 33.5 Å². The first-order chi connectivity index (χ1) is 13.0. The van der Waals surface area contributed by atoms with Gasteiger partial charge in [-0.25, -0.2) is 0 Å². The Morgan fingerprint density at radius 3 is 2.70 bits per heavy atom. The number of aliphatic carboxylic acids is 1. The smallest absolute Gasteiger partial charge is 0.303 e. The lowest BCUT2D eigenvalue weighted by atomic mass is 9.46. The molecule has 0 saturated heterocycles. The summed E-state index contributed by atoms with van der Waals surface area (Å²) in [5.74, 6) is 6.17. The molecule has 0 bridgehead atoms. The van der Waals surface area contributed by atoms with Crippen LogP contribution in [0, 0.1) is 35.0 Å². The number of hydrogen-bond donors (Lipinski definition) is 3. The zero-order valence-electron chi connectivity index (χ0n) is 16.5. The number of carbonyl (C=O) groups is 1. The minimum absolute atomic E-state index is 0.0754. The fourth-order valence-corrected chi connectivity index (χ4v) is 5.68. The maximum absolute atomic E-state index is 10.8. The average molecular weight is 375 g/mol. The molecule has 0 aromatic carbocycles. The number of aliphatic hydroxyl groups excluding tert-OH is 2. The van der Waals surface area contributed by atoms with Crippen LogP contribution in [0.15, 0.2) is 11.6 Å². The molecular weight excluding hydrogens is 340 g/mol. The van der Waals surface area contributed by atoms with E-state index in [0.29, 0.717) is 12.3 Å². The fraction of sp³-hybridized carbons (Fsp3) is 0.783. The van der Waals surface area contributed by atoms with Crippen LogP contribution in [0.25, 0.3) is 0 Å². The lowest BCUT2D eigenvalue weighted by Gasteiger charge is -2.58. The van der Waals surface area contributed by atoms with Gasteiger partial charge >= 0.3 is 5.97 Å². The number of carboxylic acid groups (broad SMARTS) is 1. The van der Waals surface area contributed by atoms with Crippen LogP contribution in [0.2, 0.25) is 0 Å². The van der Waals surface area contributed by atoms with Crippen molar-refractivity contribution in [1.29, 1.82) is 0 Å². The van der Waals surface area contributed by atoms with Gasteiger partial charge in [0.15, 0.2) is 0 Å². The zero-order chi connectivity index (χ0) is 19.4. The maximum Gasteiger partial charge on any atom is 0.303 e. The van der Waals surface area contributed by atoms with E-state index in [1.54, 1.807) is 0 Å². The molecule has 3 aliphatic carbocycles. The molecule has 27 heavy (non-hydrogen) atoms. The Bertz CT molecular complexity index is 622. The van der Waals surface area contributed by atoms with Crippen LogP contribution < -0.4 is 0 Å². The molecule has 3 aliphatic rings. The molecule has 0 aromatic heterocycles. The number of aliphatic hydroxyl groups is 2. The highest BCUT2D eigenvalue weighted by molar-refractivity contribution is 5.66. The molecule has 0 heterocycles. The van der Waals surface area contributed by atoms with E-state index >= 15 is 0 Å². The second kappa shape index (κ2) is 8.80. The molecule has 4 nitrogen and oxygen atoms in total. The molecule has 4 heteroatoms. The number of fused-ring (bicyclic) bond motifs is 1. The normalized spacial score (nSPS) is 36.3. The maximum atomic E-state index is 10.8. The van der Waals surface area contributed by atoms with Crippen molar-refractivity contribution >= 4 is 5.97 Å². The van der Waals surface area contributed by atoms with E-state index in [4.69, 9.17) is 5.11 Å². The van der Waals surface area contributed by atoms with Gasteiger partial charge in [-0.05, 0) is 62.2 Å². The molecule has 150 valence electrons. The summed E-state index contributed by atoms with van der Waals surface area (Å²) in [4.78, 5) is 10.8. The summed E-state index contributed by atoms with van der Waals surface area (Å²) in [5.41, 5.74) is 1.44. The molecule has 0 radical (unpaired) electrons. The Labute approximate surface area is 163 Å². The van der Waals surface area contributed by atoms with E-state index in [1.807, 2.05) is 0 Å². The van der Waals surface area contributed by atoms with Crippen molar-refractivity contribution in [1.82, 2.24) is 0 Å². The van der Waals surface area contributed by atoms with Gasteiger partial charge in [-0.1, -0.05) is 49.7 Å². The molecule has 1 unspecified atom stereocenters. The van der Waals surface area contributed by atoms with Crippen molar-refractivity contribution in [2.45, 2.75) is 89.8 Å². The second-order valence-electron chi connectivity index (χ2n) is 8.75. The van der Waals surface area contributed by atoms with Crippen LogP contribution in [0.1, 0.15) is 77.6 Å². The van der Waals surface area contributed by atoms with E-state index in [9.17, 15) is 15.0 Å². The highest BCUT2D eigenvalue weighted by Crippen LogP contribution is 2.62. The van der Waals surface area contributed by atoms with Crippen LogP contribution in [-0.2, 0) is 4.79 Å². The molecule has 5 atom stereocenters. The third kappa shape index (κ3) is 4.25. The highest BCUT2D eigenvalue weighted by Gasteiger charge is 2.56. The van der Waals surface area contributed by atoms with Crippen LogP contribution in [0.5, 0.6) is 0 Å². The Morgan fingerprint density at radius 1 is 1.30 bits per heavy atom.